The first-order valence-corrected chi connectivity index (χ1v) is 7.46. The topological polar surface area (TPSA) is 72.2 Å². The number of carbonyl (C=O) groups is 1. The molecule has 0 saturated heterocycles. The van der Waals surface area contributed by atoms with Gasteiger partial charge in [-0.15, -0.1) is 11.8 Å². The van der Waals surface area contributed by atoms with Gasteiger partial charge in [-0.25, -0.2) is 4.39 Å². The van der Waals surface area contributed by atoms with Gasteiger partial charge in [0, 0.05) is 34.9 Å². The third kappa shape index (κ3) is 4.85. The zero-order chi connectivity index (χ0) is 15.9. The molecular formula is C15H13FN2O3S. The monoisotopic (exact) mass is 320 g/mol. The van der Waals surface area contributed by atoms with E-state index < -0.39 is 4.92 Å². The summed E-state index contributed by atoms with van der Waals surface area (Å²) in [5, 5.41) is 13.2. The number of amides is 1. The third-order valence-corrected chi connectivity index (χ3v) is 3.79. The van der Waals surface area contributed by atoms with Crippen molar-refractivity contribution >= 4 is 29.0 Å². The summed E-state index contributed by atoms with van der Waals surface area (Å²) in [5.74, 6) is 0.0912. The van der Waals surface area contributed by atoms with Gasteiger partial charge in [-0.05, 0) is 36.4 Å². The Labute approximate surface area is 130 Å². The van der Waals surface area contributed by atoms with Crippen LogP contribution in [-0.4, -0.2) is 16.6 Å². The molecule has 7 heteroatoms. The average molecular weight is 320 g/mol. The summed E-state index contributed by atoms with van der Waals surface area (Å²) in [4.78, 5) is 22.7. The molecule has 0 heterocycles. The number of nitro benzene ring substituents is 1. The van der Waals surface area contributed by atoms with Crippen LogP contribution in [0.2, 0.25) is 0 Å². The number of hydrogen-bond acceptors (Lipinski definition) is 4. The molecule has 1 amide bonds. The van der Waals surface area contributed by atoms with Crippen LogP contribution in [0.25, 0.3) is 0 Å². The van der Waals surface area contributed by atoms with Gasteiger partial charge >= 0.3 is 0 Å². The van der Waals surface area contributed by atoms with Crippen molar-refractivity contribution in [1.29, 1.82) is 0 Å². The molecule has 0 aromatic heterocycles. The Bertz CT molecular complexity index is 659. The number of anilines is 1. The number of halogens is 1. The van der Waals surface area contributed by atoms with Gasteiger partial charge in [-0.3, -0.25) is 14.9 Å². The number of non-ortho nitro benzene ring substituents is 1. The van der Waals surface area contributed by atoms with Crippen molar-refractivity contribution < 1.29 is 14.1 Å². The fraction of sp³-hybridized carbons (Fsp3) is 0.133. The van der Waals surface area contributed by atoms with Crippen LogP contribution in [0.5, 0.6) is 0 Å². The Kier molecular flexibility index (Phi) is 5.48. The SMILES string of the molecule is O=C(CCSc1ccc(F)cc1)Nc1ccc([N+](=O)[O-])cc1. The second kappa shape index (κ2) is 7.56. The lowest BCUT2D eigenvalue weighted by Gasteiger charge is -2.05. The molecule has 0 atom stereocenters. The molecule has 0 aliphatic carbocycles. The van der Waals surface area contributed by atoms with Crippen molar-refractivity contribution in [3.63, 3.8) is 0 Å². The molecule has 0 unspecified atom stereocenters. The number of nitro groups is 1. The number of carbonyl (C=O) groups excluding carboxylic acids is 1. The fourth-order valence-electron chi connectivity index (χ4n) is 1.68. The van der Waals surface area contributed by atoms with Crippen LogP contribution in [0.3, 0.4) is 0 Å². The van der Waals surface area contributed by atoms with E-state index >= 15 is 0 Å². The largest absolute Gasteiger partial charge is 0.326 e. The summed E-state index contributed by atoms with van der Waals surface area (Å²) >= 11 is 1.46. The molecule has 5 nitrogen and oxygen atoms in total. The van der Waals surface area contributed by atoms with E-state index in [2.05, 4.69) is 5.32 Å². The van der Waals surface area contributed by atoms with Crippen LogP contribution in [0.15, 0.2) is 53.4 Å². The lowest BCUT2D eigenvalue weighted by molar-refractivity contribution is -0.384. The summed E-state index contributed by atoms with van der Waals surface area (Å²) < 4.78 is 12.7. The quantitative estimate of drug-likeness (QED) is 0.498. The van der Waals surface area contributed by atoms with Gasteiger partial charge in [0.2, 0.25) is 5.91 Å². The van der Waals surface area contributed by atoms with Gasteiger partial charge < -0.3 is 5.32 Å². The van der Waals surface area contributed by atoms with E-state index in [0.29, 0.717) is 17.9 Å². The molecule has 2 rings (SSSR count). The molecule has 0 saturated carbocycles. The first-order chi connectivity index (χ1) is 10.5. The molecule has 0 fully saturated rings. The van der Waals surface area contributed by atoms with E-state index in [1.54, 1.807) is 12.1 Å². The number of hydrogen-bond donors (Lipinski definition) is 1. The third-order valence-electron chi connectivity index (χ3n) is 2.77. The highest BCUT2D eigenvalue weighted by Gasteiger charge is 2.06. The first kappa shape index (κ1) is 16.0. The van der Waals surface area contributed by atoms with E-state index in [9.17, 15) is 19.3 Å². The summed E-state index contributed by atoms with van der Waals surface area (Å²) in [6.45, 7) is 0. The molecule has 0 aliphatic heterocycles. The van der Waals surface area contributed by atoms with Crippen LogP contribution >= 0.6 is 11.8 Å². The molecule has 2 aromatic rings. The van der Waals surface area contributed by atoms with E-state index in [0.717, 1.165) is 4.90 Å². The average Bonchev–Trinajstić information content (AvgIpc) is 2.50. The summed E-state index contributed by atoms with van der Waals surface area (Å²) in [7, 11) is 0. The minimum absolute atomic E-state index is 0.0233. The zero-order valence-corrected chi connectivity index (χ0v) is 12.3. The Balaban J connectivity index is 1.77. The van der Waals surface area contributed by atoms with Gasteiger partial charge in [0.25, 0.3) is 5.69 Å². The number of rotatable bonds is 6. The van der Waals surface area contributed by atoms with Gasteiger partial charge in [-0.2, -0.15) is 0 Å². The van der Waals surface area contributed by atoms with Crippen LogP contribution in [0.1, 0.15) is 6.42 Å². The van der Waals surface area contributed by atoms with Gasteiger partial charge in [0.1, 0.15) is 5.82 Å². The number of nitrogens with one attached hydrogen (secondary N) is 1. The van der Waals surface area contributed by atoms with Crippen LogP contribution < -0.4 is 5.32 Å². The Hall–Kier alpha value is -2.41. The van der Waals surface area contributed by atoms with Gasteiger partial charge in [0.05, 0.1) is 4.92 Å². The highest BCUT2D eigenvalue weighted by atomic mass is 32.2. The Morgan fingerprint density at radius 3 is 2.36 bits per heavy atom. The second-order valence-corrected chi connectivity index (χ2v) is 5.57. The van der Waals surface area contributed by atoms with Crippen molar-refractivity contribution in [2.45, 2.75) is 11.3 Å². The number of nitrogens with zero attached hydrogens (tertiary/aromatic N) is 1. The molecule has 0 aliphatic rings. The molecule has 0 spiro atoms. The van der Waals surface area contributed by atoms with Crippen molar-refractivity contribution in [2.24, 2.45) is 0 Å². The minimum Gasteiger partial charge on any atom is -0.326 e. The van der Waals surface area contributed by atoms with Gasteiger partial charge in [0.15, 0.2) is 0 Å². The van der Waals surface area contributed by atoms with Crippen molar-refractivity contribution in [1.82, 2.24) is 0 Å². The van der Waals surface area contributed by atoms with Crippen molar-refractivity contribution in [2.75, 3.05) is 11.1 Å². The molecular weight excluding hydrogens is 307 g/mol. The van der Waals surface area contributed by atoms with Crippen molar-refractivity contribution in [3.05, 3.63) is 64.5 Å². The van der Waals surface area contributed by atoms with E-state index in [1.807, 2.05) is 0 Å². The smallest absolute Gasteiger partial charge is 0.269 e. The number of thioether (sulfide) groups is 1. The van der Waals surface area contributed by atoms with Crippen LogP contribution in [-0.2, 0) is 4.79 Å². The first-order valence-electron chi connectivity index (χ1n) is 6.47. The zero-order valence-electron chi connectivity index (χ0n) is 11.5. The van der Waals surface area contributed by atoms with E-state index in [-0.39, 0.29) is 17.4 Å². The van der Waals surface area contributed by atoms with E-state index in [1.165, 1.54) is 48.2 Å². The van der Waals surface area contributed by atoms with Crippen LogP contribution in [0, 0.1) is 15.9 Å². The predicted octanol–water partition coefficient (Wildman–Crippen LogP) is 3.85. The number of benzene rings is 2. The van der Waals surface area contributed by atoms with Crippen molar-refractivity contribution in [3.8, 4) is 0 Å². The maximum absolute atomic E-state index is 12.7. The normalized spacial score (nSPS) is 10.2. The minimum atomic E-state index is -0.495. The van der Waals surface area contributed by atoms with Crippen LogP contribution in [0.4, 0.5) is 15.8 Å². The summed E-state index contributed by atoms with van der Waals surface area (Å²) in [6, 6.07) is 11.7. The lowest BCUT2D eigenvalue weighted by Crippen LogP contribution is -2.12. The Morgan fingerprint density at radius 1 is 1.14 bits per heavy atom. The predicted molar refractivity (Wildman–Crippen MR) is 83.5 cm³/mol. The fourth-order valence-corrected chi connectivity index (χ4v) is 2.53. The van der Waals surface area contributed by atoms with Gasteiger partial charge in [-0.1, -0.05) is 0 Å². The highest BCUT2D eigenvalue weighted by molar-refractivity contribution is 7.99. The summed E-state index contributed by atoms with van der Waals surface area (Å²) in [6.07, 6.45) is 0.291. The molecule has 2 aromatic carbocycles. The molecule has 114 valence electrons. The molecule has 22 heavy (non-hydrogen) atoms. The standard InChI is InChI=1S/C15H13FN2O3S/c16-11-1-7-14(8-2-11)22-10-9-15(19)17-12-3-5-13(6-4-12)18(20)21/h1-8H,9-10H2,(H,17,19). The molecule has 0 radical (unpaired) electrons. The second-order valence-electron chi connectivity index (χ2n) is 4.40. The Morgan fingerprint density at radius 2 is 1.77 bits per heavy atom. The maximum atomic E-state index is 12.7. The summed E-state index contributed by atoms with van der Waals surface area (Å²) in [5.41, 5.74) is 0.493. The van der Waals surface area contributed by atoms with E-state index in [4.69, 9.17) is 0 Å². The molecule has 0 bridgehead atoms. The maximum Gasteiger partial charge on any atom is 0.269 e. The highest BCUT2D eigenvalue weighted by Crippen LogP contribution is 2.20. The lowest BCUT2D eigenvalue weighted by atomic mass is 10.3. The molecule has 1 N–H and O–H groups in total.